The average molecular weight is 362 g/mol. The van der Waals surface area contributed by atoms with Crippen molar-refractivity contribution >= 4 is 0 Å². The highest BCUT2D eigenvalue weighted by Gasteiger charge is 2.09. The van der Waals surface area contributed by atoms with Crippen LogP contribution in [0.15, 0.2) is 0 Å². The molecule has 154 valence electrons. The third kappa shape index (κ3) is 21.7. The zero-order chi connectivity index (χ0) is 19.2. The van der Waals surface area contributed by atoms with Gasteiger partial charge in [0.25, 0.3) is 0 Å². The van der Waals surface area contributed by atoms with Crippen molar-refractivity contribution in [2.24, 2.45) is 22.9 Å². The molecule has 0 aliphatic carbocycles. The van der Waals surface area contributed by atoms with Gasteiger partial charge in [-0.2, -0.15) is 0 Å². The molecule has 0 saturated carbocycles. The summed E-state index contributed by atoms with van der Waals surface area (Å²) in [4.78, 5) is 2.49. The molecule has 0 fully saturated rings. The second-order valence-corrected chi connectivity index (χ2v) is 6.36. The summed E-state index contributed by atoms with van der Waals surface area (Å²) in [5, 5.41) is 6.58. The Morgan fingerprint density at radius 2 is 1.08 bits per heavy atom. The Kier molecular flexibility index (Phi) is 25.6. The molecule has 0 heterocycles. The van der Waals surface area contributed by atoms with Crippen LogP contribution in [0.3, 0.4) is 0 Å². The van der Waals surface area contributed by atoms with Crippen LogP contribution in [0, 0.1) is 0 Å². The van der Waals surface area contributed by atoms with Gasteiger partial charge >= 0.3 is 0 Å². The first kappa shape index (κ1) is 26.9. The van der Waals surface area contributed by atoms with Crippen LogP contribution in [0.5, 0.6) is 0 Å². The highest BCUT2D eigenvalue weighted by Crippen LogP contribution is 2.04. The maximum absolute atomic E-state index is 5.50. The van der Waals surface area contributed by atoms with E-state index in [2.05, 4.69) is 29.4 Å². The molecule has 0 aliphatic rings. The van der Waals surface area contributed by atoms with Crippen molar-refractivity contribution in [1.82, 2.24) is 15.5 Å². The summed E-state index contributed by atoms with van der Waals surface area (Å²) < 4.78 is 0. The van der Waals surface area contributed by atoms with Crippen molar-refractivity contribution < 1.29 is 0 Å². The molecule has 1 unspecified atom stereocenters. The van der Waals surface area contributed by atoms with Gasteiger partial charge in [-0.05, 0) is 91.4 Å². The monoisotopic (exact) mass is 361 g/mol. The van der Waals surface area contributed by atoms with Gasteiger partial charge in [-0.15, -0.1) is 0 Å². The van der Waals surface area contributed by atoms with Crippen molar-refractivity contribution in [1.29, 1.82) is 0 Å². The Balaban J connectivity index is 0. The predicted molar refractivity (Wildman–Crippen MR) is 112 cm³/mol. The van der Waals surface area contributed by atoms with Gasteiger partial charge in [0.05, 0.1) is 0 Å². The highest BCUT2D eigenvalue weighted by molar-refractivity contribution is 4.66. The summed E-state index contributed by atoms with van der Waals surface area (Å²) >= 11 is 0. The lowest BCUT2D eigenvalue weighted by Crippen LogP contribution is -2.36. The molecule has 7 nitrogen and oxygen atoms in total. The molecular formula is C18H47N7. The number of hydrogen-bond acceptors (Lipinski definition) is 7. The summed E-state index contributed by atoms with van der Waals surface area (Å²) in [7, 11) is 0. The van der Waals surface area contributed by atoms with E-state index in [-0.39, 0.29) is 0 Å². The van der Waals surface area contributed by atoms with Crippen LogP contribution in [0.2, 0.25) is 0 Å². The summed E-state index contributed by atoms with van der Waals surface area (Å²) in [6.45, 7) is 13.9. The van der Waals surface area contributed by atoms with Gasteiger partial charge in [0.15, 0.2) is 0 Å². The van der Waals surface area contributed by atoms with Gasteiger partial charge in [-0.1, -0.05) is 6.92 Å². The van der Waals surface area contributed by atoms with E-state index in [0.717, 1.165) is 91.1 Å². The third-order valence-electron chi connectivity index (χ3n) is 4.11. The lowest BCUT2D eigenvalue weighted by molar-refractivity contribution is 0.201. The first-order chi connectivity index (χ1) is 12.2. The van der Waals surface area contributed by atoms with Crippen LogP contribution in [-0.2, 0) is 0 Å². The molecule has 25 heavy (non-hydrogen) atoms. The molecule has 0 saturated heterocycles. The van der Waals surface area contributed by atoms with Gasteiger partial charge in [-0.25, -0.2) is 0 Å². The van der Waals surface area contributed by atoms with Crippen LogP contribution in [0.4, 0.5) is 0 Å². The zero-order valence-corrected chi connectivity index (χ0v) is 16.9. The molecule has 0 aromatic heterocycles. The van der Waals surface area contributed by atoms with Crippen molar-refractivity contribution in [3.63, 3.8) is 0 Å². The summed E-state index contributed by atoms with van der Waals surface area (Å²) in [6.07, 6.45) is 5.50. The number of rotatable bonds is 17. The molecule has 0 radical (unpaired) electrons. The van der Waals surface area contributed by atoms with Crippen molar-refractivity contribution in [2.45, 2.75) is 52.0 Å². The predicted octanol–water partition coefficient (Wildman–Crippen LogP) is -0.352. The van der Waals surface area contributed by atoms with Gasteiger partial charge in [0.2, 0.25) is 0 Å². The Hall–Kier alpha value is -0.280. The maximum Gasteiger partial charge on any atom is 0.00767 e. The molecule has 0 rings (SSSR count). The molecule has 1 atom stereocenters. The summed E-state index contributed by atoms with van der Waals surface area (Å²) in [6, 6.07) is 0.665. The van der Waals surface area contributed by atoms with E-state index in [9.17, 15) is 0 Å². The quantitative estimate of drug-likeness (QED) is 0.195. The lowest BCUT2D eigenvalue weighted by Gasteiger charge is -2.28. The van der Waals surface area contributed by atoms with Crippen molar-refractivity contribution in [3.05, 3.63) is 0 Å². The van der Waals surface area contributed by atoms with Gasteiger partial charge in [-0.3, -0.25) is 0 Å². The van der Waals surface area contributed by atoms with E-state index < -0.39 is 0 Å². The molecule has 0 aromatic carbocycles. The molecular weight excluding hydrogens is 314 g/mol. The van der Waals surface area contributed by atoms with Gasteiger partial charge < -0.3 is 38.5 Å². The summed E-state index contributed by atoms with van der Waals surface area (Å²) in [5.41, 5.74) is 21.7. The van der Waals surface area contributed by atoms with E-state index in [1.165, 1.54) is 6.42 Å². The molecule has 0 amide bonds. The Labute approximate surface area is 156 Å². The SMILES string of the molecule is CCC(C)N(CCCN)CCCN.NCCCNCCNCCCN. The fourth-order valence-electron chi connectivity index (χ4n) is 2.28. The Morgan fingerprint density at radius 3 is 1.40 bits per heavy atom. The lowest BCUT2D eigenvalue weighted by atomic mass is 10.2. The van der Waals surface area contributed by atoms with Crippen LogP contribution in [0.1, 0.15) is 46.0 Å². The van der Waals surface area contributed by atoms with E-state index >= 15 is 0 Å². The molecule has 10 N–H and O–H groups in total. The van der Waals surface area contributed by atoms with Crippen molar-refractivity contribution in [2.75, 3.05) is 65.4 Å². The van der Waals surface area contributed by atoms with Crippen LogP contribution in [0.25, 0.3) is 0 Å². The normalized spacial score (nSPS) is 12.1. The minimum absolute atomic E-state index is 0.665. The third-order valence-corrected chi connectivity index (χ3v) is 4.11. The van der Waals surface area contributed by atoms with E-state index in [1.807, 2.05) is 0 Å². The molecule has 0 aromatic rings. The number of hydrogen-bond donors (Lipinski definition) is 6. The standard InChI is InChI=1S/C10H25N3.C8H22N4/c1-3-10(2)13(8-4-6-11)9-5-7-12;9-3-1-5-11-7-8-12-6-2-4-10/h10H,3-9,11-12H2,1-2H3;11-12H,1-10H2. The molecule has 7 heteroatoms. The average Bonchev–Trinajstić information content (AvgIpc) is 2.64. The van der Waals surface area contributed by atoms with Crippen LogP contribution in [-0.4, -0.2) is 76.4 Å². The minimum Gasteiger partial charge on any atom is -0.330 e. The smallest absolute Gasteiger partial charge is 0.00767 e. The zero-order valence-electron chi connectivity index (χ0n) is 16.9. The topological polar surface area (TPSA) is 131 Å². The number of nitrogens with zero attached hydrogens (tertiary/aromatic N) is 1. The van der Waals surface area contributed by atoms with E-state index in [1.54, 1.807) is 0 Å². The first-order valence-electron chi connectivity index (χ1n) is 10.1. The largest absolute Gasteiger partial charge is 0.330 e. The maximum atomic E-state index is 5.50. The van der Waals surface area contributed by atoms with E-state index in [4.69, 9.17) is 22.9 Å². The fourth-order valence-corrected chi connectivity index (χ4v) is 2.28. The van der Waals surface area contributed by atoms with Crippen LogP contribution < -0.4 is 33.6 Å². The minimum atomic E-state index is 0.665. The van der Waals surface area contributed by atoms with Crippen LogP contribution >= 0.6 is 0 Å². The Bertz CT molecular complexity index is 211. The molecule has 0 spiro atoms. The summed E-state index contributed by atoms with van der Waals surface area (Å²) in [5.74, 6) is 0. The molecule has 0 aliphatic heterocycles. The van der Waals surface area contributed by atoms with Crippen molar-refractivity contribution in [3.8, 4) is 0 Å². The second-order valence-electron chi connectivity index (χ2n) is 6.36. The second kappa shape index (κ2) is 23.7. The molecule has 0 bridgehead atoms. The van der Waals surface area contributed by atoms with E-state index in [0.29, 0.717) is 6.04 Å². The number of nitrogens with two attached hydrogens (primary N) is 4. The van der Waals surface area contributed by atoms with Gasteiger partial charge in [0.1, 0.15) is 0 Å². The van der Waals surface area contributed by atoms with Gasteiger partial charge in [0, 0.05) is 19.1 Å². The first-order valence-corrected chi connectivity index (χ1v) is 10.1. The Morgan fingerprint density at radius 1 is 0.680 bits per heavy atom. The highest BCUT2D eigenvalue weighted by atomic mass is 15.1. The number of nitrogens with one attached hydrogen (secondary N) is 2. The fraction of sp³-hybridized carbons (Fsp3) is 1.00.